The van der Waals surface area contributed by atoms with Crippen molar-refractivity contribution >= 4 is 5.82 Å². The molecule has 0 amide bonds. The minimum atomic E-state index is -0.900. The molecule has 6 nitrogen and oxygen atoms in total. The Hall–Kier alpha value is -1.51. The van der Waals surface area contributed by atoms with E-state index < -0.39 is 11.6 Å². The van der Waals surface area contributed by atoms with Crippen LogP contribution in [0.1, 0.15) is 0 Å². The van der Waals surface area contributed by atoms with Crippen LogP contribution in [0.2, 0.25) is 0 Å². The molecule has 3 N–H and O–H groups in total. The molecule has 8 heteroatoms. The molecule has 0 bridgehead atoms. The zero-order chi connectivity index (χ0) is 13.4. The van der Waals surface area contributed by atoms with Crippen LogP contribution in [0.5, 0.6) is 5.88 Å². The SMILES string of the molecule is COCCOCCOc1nc(NN)c(F)cc1F. The normalized spacial score (nSPS) is 10.4. The number of halogens is 2. The Bertz CT molecular complexity index is 380. The average Bonchev–Trinajstić information content (AvgIpc) is 2.36. The molecule has 0 atom stereocenters. The molecule has 0 aliphatic heterocycles. The molecule has 0 aliphatic carbocycles. The molecule has 1 rings (SSSR count). The van der Waals surface area contributed by atoms with Gasteiger partial charge in [0.2, 0.25) is 0 Å². The summed E-state index contributed by atoms with van der Waals surface area (Å²) in [6, 6.07) is 0.642. The third kappa shape index (κ3) is 4.40. The summed E-state index contributed by atoms with van der Waals surface area (Å²) in [6.07, 6.45) is 0. The zero-order valence-electron chi connectivity index (χ0n) is 9.91. The Morgan fingerprint density at radius 2 is 1.94 bits per heavy atom. The van der Waals surface area contributed by atoms with Gasteiger partial charge in [-0.15, -0.1) is 0 Å². The van der Waals surface area contributed by atoms with Crippen molar-refractivity contribution < 1.29 is 23.0 Å². The molecule has 0 saturated carbocycles. The maximum atomic E-state index is 13.2. The van der Waals surface area contributed by atoms with E-state index in [1.165, 1.54) is 0 Å². The van der Waals surface area contributed by atoms with E-state index in [1.807, 2.05) is 5.43 Å². The Labute approximate surface area is 103 Å². The smallest absolute Gasteiger partial charge is 0.252 e. The lowest BCUT2D eigenvalue weighted by molar-refractivity contribution is 0.0529. The van der Waals surface area contributed by atoms with Gasteiger partial charge in [-0.25, -0.2) is 14.6 Å². The van der Waals surface area contributed by atoms with Crippen LogP contribution in [0, 0.1) is 11.6 Å². The number of nitrogens with two attached hydrogens (primary N) is 1. The summed E-state index contributed by atoms with van der Waals surface area (Å²) in [5, 5.41) is 0. The number of hydrogen-bond donors (Lipinski definition) is 2. The summed E-state index contributed by atoms with van der Waals surface area (Å²) in [6.45, 7) is 1.20. The van der Waals surface area contributed by atoms with Crippen LogP contribution in [-0.4, -0.2) is 38.5 Å². The molecule has 102 valence electrons. The first-order valence-corrected chi connectivity index (χ1v) is 5.21. The molecule has 0 fully saturated rings. The second-order valence-corrected chi connectivity index (χ2v) is 3.20. The summed E-state index contributed by atoms with van der Waals surface area (Å²) in [7, 11) is 1.55. The molecule has 1 aromatic heterocycles. The summed E-state index contributed by atoms with van der Waals surface area (Å²) in [5.41, 5.74) is 2.00. The molecule has 18 heavy (non-hydrogen) atoms. The Morgan fingerprint density at radius 3 is 2.61 bits per heavy atom. The fourth-order valence-electron chi connectivity index (χ4n) is 1.09. The molecule has 0 unspecified atom stereocenters. The quantitative estimate of drug-likeness (QED) is 0.408. The zero-order valence-corrected chi connectivity index (χ0v) is 9.91. The highest BCUT2D eigenvalue weighted by atomic mass is 19.1. The number of methoxy groups -OCH3 is 1. The van der Waals surface area contributed by atoms with Crippen molar-refractivity contribution in [3.05, 3.63) is 17.7 Å². The van der Waals surface area contributed by atoms with Crippen LogP contribution in [0.3, 0.4) is 0 Å². The topological polar surface area (TPSA) is 78.6 Å². The van der Waals surface area contributed by atoms with Gasteiger partial charge in [-0.05, 0) is 0 Å². The predicted molar refractivity (Wildman–Crippen MR) is 60.2 cm³/mol. The fraction of sp³-hybridized carbons (Fsp3) is 0.500. The van der Waals surface area contributed by atoms with E-state index in [9.17, 15) is 8.78 Å². The molecule has 1 heterocycles. The highest BCUT2D eigenvalue weighted by Gasteiger charge is 2.12. The van der Waals surface area contributed by atoms with Crippen LogP contribution < -0.4 is 16.0 Å². The second-order valence-electron chi connectivity index (χ2n) is 3.20. The van der Waals surface area contributed by atoms with E-state index in [0.717, 1.165) is 0 Å². The summed E-state index contributed by atoms with van der Waals surface area (Å²) in [4.78, 5) is 3.54. The van der Waals surface area contributed by atoms with Crippen LogP contribution in [0.15, 0.2) is 6.07 Å². The van der Waals surface area contributed by atoms with Crippen LogP contribution in [-0.2, 0) is 9.47 Å². The molecular formula is C10H15F2N3O3. The highest BCUT2D eigenvalue weighted by Crippen LogP contribution is 2.19. The van der Waals surface area contributed by atoms with Gasteiger partial charge in [0.15, 0.2) is 17.5 Å². The highest BCUT2D eigenvalue weighted by molar-refractivity contribution is 5.38. The molecule has 0 aliphatic rings. The Kier molecular flexibility index (Phi) is 6.26. The van der Waals surface area contributed by atoms with Crippen molar-refractivity contribution in [2.24, 2.45) is 5.84 Å². The summed E-state index contributed by atoms with van der Waals surface area (Å²) >= 11 is 0. The lowest BCUT2D eigenvalue weighted by Gasteiger charge is -2.09. The third-order valence-electron chi connectivity index (χ3n) is 1.93. The number of hydrogen-bond acceptors (Lipinski definition) is 6. The van der Waals surface area contributed by atoms with Gasteiger partial charge in [0.1, 0.15) is 6.61 Å². The first-order chi connectivity index (χ1) is 8.69. The van der Waals surface area contributed by atoms with Crippen LogP contribution in [0.25, 0.3) is 0 Å². The van der Waals surface area contributed by atoms with Gasteiger partial charge >= 0.3 is 0 Å². The van der Waals surface area contributed by atoms with Gasteiger partial charge in [0.25, 0.3) is 5.88 Å². The number of nitrogens with zero attached hydrogens (tertiary/aromatic N) is 1. The number of rotatable bonds is 8. The number of ether oxygens (including phenoxy) is 3. The van der Waals surface area contributed by atoms with Crippen molar-refractivity contribution in [2.45, 2.75) is 0 Å². The van der Waals surface area contributed by atoms with E-state index in [0.29, 0.717) is 19.3 Å². The summed E-state index contributed by atoms with van der Waals surface area (Å²) < 4.78 is 41.1. The lowest BCUT2D eigenvalue weighted by Crippen LogP contribution is -2.14. The maximum absolute atomic E-state index is 13.2. The number of anilines is 1. The van der Waals surface area contributed by atoms with Gasteiger partial charge in [-0.3, -0.25) is 0 Å². The largest absolute Gasteiger partial charge is 0.473 e. The third-order valence-corrected chi connectivity index (χ3v) is 1.93. The van der Waals surface area contributed by atoms with Crippen molar-refractivity contribution in [1.82, 2.24) is 4.98 Å². The molecule has 0 radical (unpaired) electrons. The molecule has 0 spiro atoms. The monoisotopic (exact) mass is 263 g/mol. The van der Waals surface area contributed by atoms with E-state index in [2.05, 4.69) is 4.98 Å². The molecule has 0 saturated heterocycles. The fourth-order valence-corrected chi connectivity index (χ4v) is 1.09. The van der Waals surface area contributed by atoms with Gasteiger partial charge in [-0.1, -0.05) is 0 Å². The second kappa shape index (κ2) is 7.75. The van der Waals surface area contributed by atoms with Gasteiger partial charge in [0, 0.05) is 13.2 Å². The molecule has 0 aromatic carbocycles. The van der Waals surface area contributed by atoms with Crippen LogP contribution >= 0.6 is 0 Å². The number of hydrazine groups is 1. The number of nitrogens with one attached hydrogen (secondary N) is 1. The van der Waals surface area contributed by atoms with Gasteiger partial charge in [-0.2, -0.15) is 4.98 Å². The number of pyridine rings is 1. The average molecular weight is 263 g/mol. The minimum Gasteiger partial charge on any atom is -0.473 e. The lowest BCUT2D eigenvalue weighted by atomic mass is 10.4. The Balaban J connectivity index is 2.42. The molecular weight excluding hydrogens is 248 g/mol. The van der Waals surface area contributed by atoms with E-state index >= 15 is 0 Å². The van der Waals surface area contributed by atoms with Crippen molar-refractivity contribution in [1.29, 1.82) is 0 Å². The summed E-state index contributed by atoms with van der Waals surface area (Å²) in [5.74, 6) is 2.60. The van der Waals surface area contributed by atoms with E-state index in [-0.39, 0.29) is 24.9 Å². The first-order valence-electron chi connectivity index (χ1n) is 5.21. The van der Waals surface area contributed by atoms with Gasteiger partial charge < -0.3 is 19.6 Å². The number of nitrogen functional groups attached to an aromatic ring is 1. The standard InChI is InChI=1S/C10H15F2N3O3/c1-16-2-3-17-4-5-18-10-8(12)6-7(11)9(14-10)15-13/h6H,2-5,13H2,1H3,(H,14,15). The van der Waals surface area contributed by atoms with Crippen molar-refractivity contribution in [3.63, 3.8) is 0 Å². The number of aromatic nitrogens is 1. The van der Waals surface area contributed by atoms with E-state index in [1.54, 1.807) is 7.11 Å². The first kappa shape index (κ1) is 14.6. The van der Waals surface area contributed by atoms with Crippen molar-refractivity contribution in [2.75, 3.05) is 39.0 Å². The van der Waals surface area contributed by atoms with Crippen LogP contribution in [0.4, 0.5) is 14.6 Å². The predicted octanol–water partition coefficient (Wildman–Crippen LogP) is 0.687. The maximum Gasteiger partial charge on any atom is 0.252 e. The van der Waals surface area contributed by atoms with Crippen molar-refractivity contribution in [3.8, 4) is 5.88 Å². The van der Waals surface area contributed by atoms with E-state index in [4.69, 9.17) is 20.1 Å². The minimum absolute atomic E-state index is 0.0866. The van der Waals surface area contributed by atoms with Gasteiger partial charge in [0.05, 0.1) is 19.8 Å². The molecule has 1 aromatic rings. The Morgan fingerprint density at radius 1 is 1.22 bits per heavy atom.